The van der Waals surface area contributed by atoms with Gasteiger partial charge in [-0.3, -0.25) is 9.97 Å². The number of methoxy groups -OCH3 is 1. The maximum absolute atomic E-state index is 13.3. The topological polar surface area (TPSA) is 121 Å². The monoisotopic (exact) mass is 639 g/mol. The summed E-state index contributed by atoms with van der Waals surface area (Å²) in [7, 11) is 3.16. The van der Waals surface area contributed by atoms with Gasteiger partial charge in [-0.2, -0.15) is 9.97 Å². The van der Waals surface area contributed by atoms with Gasteiger partial charge < -0.3 is 29.7 Å². The van der Waals surface area contributed by atoms with Gasteiger partial charge in [0, 0.05) is 37.7 Å². The summed E-state index contributed by atoms with van der Waals surface area (Å²) in [5, 5.41) is 7.23. The minimum Gasteiger partial charge on any atom is -0.479 e. The van der Waals surface area contributed by atoms with Crippen molar-refractivity contribution in [3.63, 3.8) is 0 Å². The molecule has 0 saturated carbocycles. The highest BCUT2D eigenvalue weighted by molar-refractivity contribution is 9.10. The van der Waals surface area contributed by atoms with E-state index in [1.807, 2.05) is 18.2 Å². The molecule has 1 aromatic carbocycles. The zero-order valence-electron chi connectivity index (χ0n) is 24.1. The molecule has 1 saturated heterocycles. The summed E-state index contributed by atoms with van der Waals surface area (Å²) in [4.78, 5) is 27.5. The molecule has 0 amide bonds. The number of nitrogens with one attached hydrogen (secondary N) is 2. The highest BCUT2D eigenvalue weighted by atomic mass is 79.9. The number of pyridine rings is 1. The van der Waals surface area contributed by atoms with Crippen LogP contribution in [0, 0.1) is 6.92 Å². The van der Waals surface area contributed by atoms with Crippen LogP contribution in [0.25, 0.3) is 11.0 Å². The van der Waals surface area contributed by atoms with E-state index in [-0.39, 0.29) is 0 Å². The van der Waals surface area contributed by atoms with E-state index < -0.39 is 7.14 Å². The van der Waals surface area contributed by atoms with Gasteiger partial charge in [-0.1, -0.05) is 0 Å². The lowest BCUT2D eigenvalue weighted by Gasteiger charge is -2.36. The van der Waals surface area contributed by atoms with E-state index in [2.05, 4.69) is 72.3 Å². The number of aromatic nitrogens is 5. The Bertz CT molecular complexity index is 1620. The second-order valence-electron chi connectivity index (χ2n) is 10.7. The molecule has 41 heavy (non-hydrogen) atoms. The number of aryl methyl sites for hydroxylation is 1. The fraction of sp³-hybridized carbons (Fsp3) is 0.393. The molecule has 0 unspecified atom stereocenters. The van der Waals surface area contributed by atoms with Crippen molar-refractivity contribution in [1.82, 2.24) is 29.8 Å². The zero-order chi connectivity index (χ0) is 29.3. The highest BCUT2D eigenvalue weighted by Crippen LogP contribution is 2.41. The van der Waals surface area contributed by atoms with Crippen LogP contribution in [0.4, 0.5) is 29.0 Å². The van der Waals surface area contributed by atoms with Crippen molar-refractivity contribution in [2.45, 2.75) is 25.8 Å². The van der Waals surface area contributed by atoms with E-state index in [9.17, 15) is 4.57 Å². The van der Waals surface area contributed by atoms with Crippen LogP contribution in [0.3, 0.4) is 0 Å². The fourth-order valence-corrected chi connectivity index (χ4v) is 6.86. The van der Waals surface area contributed by atoms with Crippen LogP contribution in [0.2, 0.25) is 0 Å². The first kappa shape index (κ1) is 29.2. The second kappa shape index (κ2) is 11.9. The number of rotatable bonds is 8. The van der Waals surface area contributed by atoms with Crippen molar-refractivity contribution in [2.75, 3.05) is 63.2 Å². The van der Waals surface area contributed by atoms with Crippen LogP contribution >= 0.6 is 23.1 Å². The lowest BCUT2D eigenvalue weighted by molar-refractivity contribution is 0.249. The summed E-state index contributed by atoms with van der Waals surface area (Å²) >= 11 is 3.55. The molecular weight excluding hydrogens is 605 g/mol. The standard InChI is InChI=1S/C28H35BrN9O2P/c1-17-15-22(27(40-4)36-26(17)38-13-9-18(10-14-38)37(2)3)34-28-32-16-19(29)25(35-28)33-21-8-7-20-23(31-12-11-30-20)24(21)41(5,6)39/h7-8,11-12,15-16,18H,9-10,13-14H2,1-6H3,(H2,32,33,34,35). The fourth-order valence-electron chi connectivity index (χ4n) is 5.18. The Morgan fingerprint density at radius 1 is 1.05 bits per heavy atom. The van der Waals surface area contributed by atoms with Crippen LogP contribution in [0.1, 0.15) is 18.4 Å². The molecule has 0 atom stereocenters. The normalized spacial score (nSPS) is 14.5. The largest absolute Gasteiger partial charge is 0.479 e. The number of fused-ring (bicyclic) bond motifs is 1. The number of ether oxygens (including phenoxy) is 1. The lowest BCUT2D eigenvalue weighted by atomic mass is 10.0. The van der Waals surface area contributed by atoms with Gasteiger partial charge in [0.15, 0.2) is 0 Å². The van der Waals surface area contributed by atoms with Crippen LogP contribution < -0.4 is 25.6 Å². The predicted octanol–water partition coefficient (Wildman–Crippen LogP) is 5.16. The van der Waals surface area contributed by atoms with Crippen molar-refractivity contribution in [1.29, 1.82) is 0 Å². The number of hydrogen-bond donors (Lipinski definition) is 2. The summed E-state index contributed by atoms with van der Waals surface area (Å²) in [5.41, 5.74) is 3.64. The Labute approximate surface area is 248 Å². The Balaban J connectivity index is 1.42. The van der Waals surface area contributed by atoms with Crippen molar-refractivity contribution < 1.29 is 9.30 Å². The van der Waals surface area contributed by atoms with E-state index in [0.29, 0.717) is 55.9 Å². The molecule has 4 aromatic rings. The lowest BCUT2D eigenvalue weighted by Crippen LogP contribution is -2.42. The smallest absolute Gasteiger partial charge is 0.239 e. The minimum absolute atomic E-state index is 0.355. The Kier molecular flexibility index (Phi) is 8.45. The Hall–Kier alpha value is -3.34. The third-order valence-electron chi connectivity index (χ3n) is 7.24. The van der Waals surface area contributed by atoms with Gasteiger partial charge in [0.05, 0.1) is 28.1 Å². The predicted molar refractivity (Wildman–Crippen MR) is 169 cm³/mol. The summed E-state index contributed by atoms with van der Waals surface area (Å²) < 4.78 is 19.7. The van der Waals surface area contributed by atoms with Crippen molar-refractivity contribution in [3.05, 3.63) is 46.8 Å². The molecule has 216 valence electrons. The molecule has 5 rings (SSSR count). The van der Waals surface area contributed by atoms with Gasteiger partial charge in [-0.05, 0) is 86.9 Å². The highest BCUT2D eigenvalue weighted by Gasteiger charge is 2.25. The number of halogens is 1. The summed E-state index contributed by atoms with van der Waals surface area (Å²) in [6.07, 6.45) is 7.07. The SMILES string of the molecule is COc1nc(N2CCC(N(C)C)CC2)c(C)cc1Nc1ncc(Br)c(Nc2ccc3nccnc3c2P(C)(C)=O)n1. The second-order valence-corrected chi connectivity index (χ2v) is 14.7. The Morgan fingerprint density at radius 3 is 2.46 bits per heavy atom. The van der Waals surface area contributed by atoms with E-state index in [4.69, 9.17) is 14.7 Å². The van der Waals surface area contributed by atoms with Crippen LogP contribution in [-0.4, -0.2) is 83.5 Å². The third-order valence-corrected chi connectivity index (χ3v) is 9.35. The molecule has 0 spiro atoms. The summed E-state index contributed by atoms with van der Waals surface area (Å²) in [5.74, 6) is 2.26. The van der Waals surface area contributed by atoms with Crippen molar-refractivity contribution in [2.24, 2.45) is 0 Å². The van der Waals surface area contributed by atoms with E-state index in [1.165, 1.54) is 0 Å². The van der Waals surface area contributed by atoms with Gasteiger partial charge in [-0.15, -0.1) is 0 Å². The van der Waals surface area contributed by atoms with Crippen molar-refractivity contribution >= 4 is 68.4 Å². The average Bonchev–Trinajstić information content (AvgIpc) is 2.94. The van der Waals surface area contributed by atoms with Gasteiger partial charge in [0.1, 0.15) is 30.0 Å². The number of nitrogens with zero attached hydrogens (tertiary/aromatic N) is 7. The number of benzene rings is 1. The van der Waals surface area contributed by atoms with E-state index in [0.717, 1.165) is 37.3 Å². The summed E-state index contributed by atoms with van der Waals surface area (Å²) in [6.45, 7) is 7.39. The van der Waals surface area contributed by atoms with Gasteiger partial charge in [-0.25, -0.2) is 4.98 Å². The van der Waals surface area contributed by atoms with Gasteiger partial charge >= 0.3 is 0 Å². The number of anilines is 5. The van der Waals surface area contributed by atoms with Crippen molar-refractivity contribution in [3.8, 4) is 5.88 Å². The first-order valence-electron chi connectivity index (χ1n) is 13.4. The molecule has 4 heterocycles. The maximum Gasteiger partial charge on any atom is 0.239 e. The van der Waals surface area contributed by atoms with E-state index >= 15 is 0 Å². The van der Waals surface area contributed by atoms with Crippen LogP contribution in [0.5, 0.6) is 5.88 Å². The maximum atomic E-state index is 13.3. The number of piperidine rings is 1. The quantitative estimate of drug-likeness (QED) is 0.249. The molecule has 0 radical (unpaired) electrons. The molecule has 1 aliphatic rings. The molecule has 0 bridgehead atoms. The molecule has 1 aliphatic heterocycles. The minimum atomic E-state index is -2.73. The third kappa shape index (κ3) is 6.29. The molecule has 2 N–H and O–H groups in total. The molecule has 11 nitrogen and oxygen atoms in total. The molecule has 0 aliphatic carbocycles. The average molecular weight is 641 g/mol. The van der Waals surface area contributed by atoms with Gasteiger partial charge in [0.2, 0.25) is 11.8 Å². The molecule has 13 heteroatoms. The molecule has 1 fully saturated rings. The van der Waals surface area contributed by atoms with Crippen LogP contribution in [-0.2, 0) is 4.57 Å². The van der Waals surface area contributed by atoms with Gasteiger partial charge in [0.25, 0.3) is 0 Å². The molecular formula is C28H35BrN9O2P. The number of hydrogen-bond acceptors (Lipinski definition) is 11. The van der Waals surface area contributed by atoms with E-state index in [1.54, 1.807) is 39.0 Å². The zero-order valence-corrected chi connectivity index (χ0v) is 26.6. The first-order valence-corrected chi connectivity index (χ1v) is 16.8. The van der Waals surface area contributed by atoms with Crippen LogP contribution in [0.15, 0.2) is 41.3 Å². The summed E-state index contributed by atoms with van der Waals surface area (Å²) in [6, 6.07) is 6.31. The first-order chi connectivity index (χ1) is 19.5. The Morgan fingerprint density at radius 2 is 1.78 bits per heavy atom. The molecule has 3 aromatic heterocycles.